The maximum Gasteiger partial charge on any atom is 0.201 e. The maximum atomic E-state index is 5.98. The van der Waals surface area contributed by atoms with Crippen molar-refractivity contribution in [1.82, 2.24) is 14.5 Å². The highest BCUT2D eigenvalue weighted by molar-refractivity contribution is 9.10. The van der Waals surface area contributed by atoms with Gasteiger partial charge in [0, 0.05) is 15.5 Å². The molecule has 2 aromatic heterocycles. The van der Waals surface area contributed by atoms with Crippen molar-refractivity contribution < 1.29 is 0 Å². The summed E-state index contributed by atoms with van der Waals surface area (Å²) in [5, 5.41) is 1.06. The Morgan fingerprint density at radius 3 is 3.00 bits per heavy atom. The number of imidazole rings is 1. The van der Waals surface area contributed by atoms with Crippen molar-refractivity contribution in [1.29, 1.82) is 0 Å². The van der Waals surface area contributed by atoms with Gasteiger partial charge >= 0.3 is 0 Å². The Labute approximate surface area is 117 Å². The van der Waals surface area contributed by atoms with E-state index in [1.54, 1.807) is 11.3 Å². The fourth-order valence-electron chi connectivity index (χ4n) is 1.91. The molecule has 1 aromatic carbocycles. The van der Waals surface area contributed by atoms with Crippen LogP contribution in [-0.4, -0.2) is 14.5 Å². The van der Waals surface area contributed by atoms with Crippen LogP contribution in [0.4, 0.5) is 5.95 Å². The Morgan fingerprint density at radius 1 is 1.44 bits per heavy atom. The molecule has 18 heavy (non-hydrogen) atoms. The number of rotatable bonds is 2. The number of halogens is 1. The number of fused-ring (bicyclic) bond motifs is 1. The van der Waals surface area contributed by atoms with Gasteiger partial charge in [-0.05, 0) is 25.1 Å². The zero-order chi connectivity index (χ0) is 12.7. The van der Waals surface area contributed by atoms with Crippen LogP contribution in [0.1, 0.15) is 9.88 Å². The highest BCUT2D eigenvalue weighted by atomic mass is 79.9. The lowest BCUT2D eigenvalue weighted by molar-refractivity contribution is 0.850. The smallest absolute Gasteiger partial charge is 0.201 e. The summed E-state index contributed by atoms with van der Waals surface area (Å²) in [4.78, 5) is 9.80. The quantitative estimate of drug-likeness (QED) is 0.788. The van der Waals surface area contributed by atoms with Crippen LogP contribution in [0, 0.1) is 6.92 Å². The largest absolute Gasteiger partial charge is 0.369 e. The predicted molar refractivity (Wildman–Crippen MR) is 77.8 cm³/mol. The molecule has 0 fully saturated rings. The normalized spacial score (nSPS) is 11.2. The number of nitrogens with two attached hydrogens (primary N) is 1. The monoisotopic (exact) mass is 322 g/mol. The Bertz CT molecular complexity index is 716. The van der Waals surface area contributed by atoms with Gasteiger partial charge in [-0.15, -0.1) is 11.3 Å². The van der Waals surface area contributed by atoms with Crippen molar-refractivity contribution in [2.24, 2.45) is 0 Å². The molecule has 0 aliphatic carbocycles. The Morgan fingerprint density at radius 2 is 2.28 bits per heavy atom. The van der Waals surface area contributed by atoms with Gasteiger partial charge in [0.25, 0.3) is 0 Å². The van der Waals surface area contributed by atoms with E-state index in [1.165, 1.54) is 4.88 Å². The van der Waals surface area contributed by atoms with E-state index in [4.69, 9.17) is 5.73 Å². The van der Waals surface area contributed by atoms with E-state index < -0.39 is 0 Å². The fourth-order valence-corrected chi connectivity index (χ4v) is 3.05. The van der Waals surface area contributed by atoms with Gasteiger partial charge in [0.15, 0.2) is 0 Å². The molecule has 92 valence electrons. The van der Waals surface area contributed by atoms with E-state index in [1.807, 2.05) is 35.9 Å². The molecule has 3 rings (SSSR count). The Hall–Kier alpha value is -1.40. The molecule has 2 heterocycles. The molecule has 0 saturated heterocycles. The molecule has 0 amide bonds. The fraction of sp³-hybridized carbons (Fsp3) is 0.167. The Balaban J connectivity index is 2.10. The van der Waals surface area contributed by atoms with Gasteiger partial charge in [-0.1, -0.05) is 15.9 Å². The highest BCUT2D eigenvalue weighted by Gasteiger charge is 2.10. The molecule has 0 aliphatic heterocycles. The lowest BCUT2D eigenvalue weighted by Crippen LogP contribution is -2.03. The first-order chi connectivity index (χ1) is 8.63. The van der Waals surface area contributed by atoms with Crippen molar-refractivity contribution in [3.8, 4) is 0 Å². The molecule has 0 radical (unpaired) electrons. The van der Waals surface area contributed by atoms with Crippen LogP contribution in [0.15, 0.2) is 28.9 Å². The van der Waals surface area contributed by atoms with Gasteiger partial charge in [-0.2, -0.15) is 0 Å². The van der Waals surface area contributed by atoms with Crippen LogP contribution in [-0.2, 0) is 6.54 Å². The van der Waals surface area contributed by atoms with Crippen molar-refractivity contribution >= 4 is 44.2 Å². The van der Waals surface area contributed by atoms with Crippen molar-refractivity contribution in [3.05, 3.63) is 38.8 Å². The maximum absolute atomic E-state index is 5.98. The Kier molecular flexibility index (Phi) is 2.83. The average molecular weight is 323 g/mol. The third-order valence-corrected chi connectivity index (χ3v) is 4.11. The van der Waals surface area contributed by atoms with Crippen LogP contribution in [0.5, 0.6) is 0 Å². The molecule has 3 aromatic rings. The number of hydrogen-bond acceptors (Lipinski definition) is 4. The lowest BCUT2D eigenvalue weighted by Gasteiger charge is -2.04. The number of benzene rings is 1. The number of nitrogens with zero attached hydrogens (tertiary/aromatic N) is 3. The third-order valence-electron chi connectivity index (χ3n) is 2.72. The summed E-state index contributed by atoms with van der Waals surface area (Å²) in [6.07, 6.45) is 1.89. The van der Waals surface area contributed by atoms with Crippen molar-refractivity contribution in [2.75, 3.05) is 5.73 Å². The van der Waals surface area contributed by atoms with E-state index in [0.29, 0.717) is 12.5 Å². The molecular weight excluding hydrogens is 312 g/mol. The minimum absolute atomic E-state index is 0.536. The van der Waals surface area contributed by atoms with Gasteiger partial charge in [-0.25, -0.2) is 9.97 Å². The zero-order valence-electron chi connectivity index (χ0n) is 9.72. The predicted octanol–water partition coefficient (Wildman–Crippen LogP) is 3.19. The molecule has 0 atom stereocenters. The van der Waals surface area contributed by atoms with Crippen LogP contribution in [0.25, 0.3) is 11.0 Å². The van der Waals surface area contributed by atoms with E-state index in [2.05, 4.69) is 25.9 Å². The number of anilines is 1. The number of aromatic nitrogens is 3. The molecule has 0 unspecified atom stereocenters. The molecule has 4 nitrogen and oxygen atoms in total. The minimum Gasteiger partial charge on any atom is -0.369 e. The first-order valence-corrected chi connectivity index (χ1v) is 7.07. The second kappa shape index (κ2) is 4.37. The summed E-state index contributed by atoms with van der Waals surface area (Å²) < 4.78 is 3.03. The summed E-state index contributed by atoms with van der Waals surface area (Å²) in [7, 11) is 0. The molecule has 0 saturated carbocycles. The first kappa shape index (κ1) is 11.7. The number of thiazole rings is 1. The van der Waals surface area contributed by atoms with Crippen LogP contribution >= 0.6 is 27.3 Å². The summed E-state index contributed by atoms with van der Waals surface area (Å²) in [6, 6.07) is 5.97. The summed E-state index contributed by atoms with van der Waals surface area (Å²) in [5.41, 5.74) is 7.93. The molecular formula is C12H11BrN4S. The van der Waals surface area contributed by atoms with Gasteiger partial charge in [0.1, 0.15) is 0 Å². The number of nitrogen functional groups attached to an aromatic ring is 1. The molecule has 0 aliphatic rings. The summed E-state index contributed by atoms with van der Waals surface area (Å²) >= 11 is 5.15. The topological polar surface area (TPSA) is 56.7 Å². The molecule has 0 bridgehead atoms. The summed E-state index contributed by atoms with van der Waals surface area (Å²) in [6.45, 7) is 2.71. The second-order valence-electron chi connectivity index (χ2n) is 4.03. The second-order valence-corrected chi connectivity index (χ2v) is 6.27. The SMILES string of the molecule is Cc1ncc(Cn2c(N)nc3ccc(Br)cc32)s1. The van der Waals surface area contributed by atoms with Crippen LogP contribution < -0.4 is 5.73 Å². The van der Waals surface area contributed by atoms with Gasteiger partial charge in [0.05, 0.1) is 22.6 Å². The zero-order valence-corrected chi connectivity index (χ0v) is 12.1. The van der Waals surface area contributed by atoms with E-state index in [-0.39, 0.29) is 0 Å². The number of aryl methyl sites for hydroxylation is 1. The highest BCUT2D eigenvalue weighted by Crippen LogP contribution is 2.24. The van der Waals surface area contributed by atoms with E-state index >= 15 is 0 Å². The van der Waals surface area contributed by atoms with Crippen LogP contribution in [0.3, 0.4) is 0 Å². The van der Waals surface area contributed by atoms with Crippen molar-refractivity contribution in [3.63, 3.8) is 0 Å². The van der Waals surface area contributed by atoms with Gasteiger partial charge < -0.3 is 10.3 Å². The first-order valence-electron chi connectivity index (χ1n) is 5.46. The van der Waals surface area contributed by atoms with Crippen LogP contribution in [0.2, 0.25) is 0 Å². The van der Waals surface area contributed by atoms with E-state index in [9.17, 15) is 0 Å². The number of hydrogen-bond donors (Lipinski definition) is 1. The van der Waals surface area contributed by atoms with E-state index in [0.717, 1.165) is 20.5 Å². The van der Waals surface area contributed by atoms with Gasteiger partial charge in [-0.3, -0.25) is 0 Å². The molecule has 6 heteroatoms. The summed E-state index contributed by atoms with van der Waals surface area (Å²) in [5.74, 6) is 0.536. The average Bonchev–Trinajstić information content (AvgIpc) is 2.86. The standard InChI is InChI=1S/C12H11BrN4S/c1-7-15-5-9(18-7)6-17-11-4-8(13)2-3-10(11)16-12(17)14/h2-5H,6H2,1H3,(H2,14,16). The van der Waals surface area contributed by atoms with Gasteiger partial charge in [0.2, 0.25) is 5.95 Å². The third kappa shape index (κ3) is 2.02. The van der Waals surface area contributed by atoms with Crippen molar-refractivity contribution in [2.45, 2.75) is 13.5 Å². The lowest BCUT2D eigenvalue weighted by atomic mass is 10.3. The molecule has 2 N–H and O–H groups in total. The minimum atomic E-state index is 0.536. The molecule has 0 spiro atoms.